The number of nitrogens with zero attached hydrogens (tertiary/aromatic N) is 2. The Morgan fingerprint density at radius 3 is 2.64 bits per heavy atom. The maximum atomic E-state index is 10.8. The van der Waals surface area contributed by atoms with Crippen molar-refractivity contribution < 1.29 is 9.90 Å². The molecule has 2 aromatic carbocycles. The Labute approximate surface area is 136 Å². The zero-order valence-electron chi connectivity index (χ0n) is 11.4. The summed E-state index contributed by atoms with van der Waals surface area (Å²) in [6, 6.07) is 14.9. The van der Waals surface area contributed by atoms with Crippen molar-refractivity contribution in [2.75, 3.05) is 5.75 Å². The third kappa shape index (κ3) is 3.21. The van der Waals surface area contributed by atoms with Gasteiger partial charge in [-0.15, -0.1) is 0 Å². The maximum Gasteiger partial charge on any atom is 0.313 e. The van der Waals surface area contributed by atoms with E-state index in [0.717, 1.165) is 16.5 Å². The van der Waals surface area contributed by atoms with E-state index in [1.807, 2.05) is 36.4 Å². The van der Waals surface area contributed by atoms with Crippen LogP contribution in [0.2, 0.25) is 5.02 Å². The molecule has 0 aliphatic heterocycles. The van der Waals surface area contributed by atoms with Crippen molar-refractivity contribution in [3.05, 3.63) is 53.6 Å². The zero-order chi connectivity index (χ0) is 15.5. The molecule has 6 heteroatoms. The summed E-state index contributed by atoms with van der Waals surface area (Å²) in [5, 5.41) is 10.8. The lowest BCUT2D eigenvalue weighted by atomic mass is 10.2. The average molecular weight is 331 g/mol. The van der Waals surface area contributed by atoms with Gasteiger partial charge in [0.25, 0.3) is 0 Å². The standard InChI is InChI=1S/C16H11ClN2O2S/c17-11-6-7-13-12(8-11)16(22-9-14(20)21)19-15(18-13)10-4-2-1-3-5-10/h1-8H,9H2,(H,20,21). The lowest BCUT2D eigenvalue weighted by molar-refractivity contribution is -0.133. The van der Waals surface area contributed by atoms with Crippen molar-refractivity contribution in [1.82, 2.24) is 9.97 Å². The van der Waals surface area contributed by atoms with E-state index in [1.165, 1.54) is 11.8 Å². The van der Waals surface area contributed by atoms with Crippen molar-refractivity contribution in [2.45, 2.75) is 5.03 Å². The number of carboxylic acid groups (broad SMARTS) is 1. The quantitative estimate of drug-likeness (QED) is 0.575. The number of halogens is 1. The van der Waals surface area contributed by atoms with Crippen LogP contribution in [0.5, 0.6) is 0 Å². The van der Waals surface area contributed by atoms with Crippen LogP contribution in [-0.4, -0.2) is 26.8 Å². The summed E-state index contributed by atoms with van der Waals surface area (Å²) >= 11 is 7.20. The predicted molar refractivity (Wildman–Crippen MR) is 88.3 cm³/mol. The average Bonchev–Trinajstić information content (AvgIpc) is 2.53. The molecule has 1 aromatic heterocycles. The molecule has 1 N–H and O–H groups in total. The number of fused-ring (bicyclic) bond motifs is 1. The molecule has 0 saturated heterocycles. The summed E-state index contributed by atoms with van der Waals surface area (Å²) in [5.41, 5.74) is 1.63. The highest BCUT2D eigenvalue weighted by Gasteiger charge is 2.11. The smallest absolute Gasteiger partial charge is 0.313 e. The van der Waals surface area contributed by atoms with Crippen molar-refractivity contribution in [2.24, 2.45) is 0 Å². The van der Waals surface area contributed by atoms with Crippen LogP contribution in [-0.2, 0) is 4.79 Å². The highest BCUT2D eigenvalue weighted by Crippen LogP contribution is 2.30. The minimum Gasteiger partial charge on any atom is -0.481 e. The number of aliphatic carboxylic acids is 1. The number of hydrogen-bond donors (Lipinski definition) is 1. The fraction of sp³-hybridized carbons (Fsp3) is 0.0625. The second-order valence-electron chi connectivity index (χ2n) is 4.56. The first-order chi connectivity index (χ1) is 10.6. The summed E-state index contributed by atoms with van der Waals surface area (Å²) in [6.45, 7) is 0. The molecule has 0 amide bonds. The SMILES string of the molecule is O=C(O)CSc1nc(-c2ccccc2)nc2ccc(Cl)cc12. The van der Waals surface area contributed by atoms with Gasteiger partial charge in [0.15, 0.2) is 5.82 Å². The van der Waals surface area contributed by atoms with Crippen molar-refractivity contribution in [1.29, 1.82) is 0 Å². The molecule has 0 aliphatic carbocycles. The molecule has 110 valence electrons. The van der Waals surface area contributed by atoms with E-state index in [4.69, 9.17) is 16.7 Å². The number of aromatic nitrogens is 2. The van der Waals surface area contributed by atoms with Crippen molar-refractivity contribution in [3.63, 3.8) is 0 Å². The second kappa shape index (κ2) is 6.34. The minimum absolute atomic E-state index is 0.0626. The molecule has 3 aromatic rings. The van der Waals surface area contributed by atoms with E-state index in [0.29, 0.717) is 15.9 Å². The predicted octanol–water partition coefficient (Wildman–Crippen LogP) is 4.13. The van der Waals surface area contributed by atoms with E-state index in [2.05, 4.69) is 9.97 Å². The lowest BCUT2D eigenvalue weighted by Gasteiger charge is -2.08. The van der Waals surface area contributed by atoms with Gasteiger partial charge in [0.2, 0.25) is 0 Å². The Balaban J connectivity index is 2.15. The minimum atomic E-state index is -0.889. The van der Waals surface area contributed by atoms with Crippen LogP contribution >= 0.6 is 23.4 Å². The Kier molecular flexibility index (Phi) is 4.27. The van der Waals surface area contributed by atoms with Gasteiger partial charge >= 0.3 is 5.97 Å². The van der Waals surface area contributed by atoms with Gasteiger partial charge in [-0.3, -0.25) is 4.79 Å². The highest BCUT2D eigenvalue weighted by atomic mass is 35.5. The number of carbonyl (C=O) groups is 1. The molecule has 0 spiro atoms. The molecule has 3 rings (SSSR count). The zero-order valence-corrected chi connectivity index (χ0v) is 12.9. The van der Waals surface area contributed by atoms with Gasteiger partial charge in [0.1, 0.15) is 5.03 Å². The van der Waals surface area contributed by atoms with Crippen LogP contribution in [0.3, 0.4) is 0 Å². The molecule has 22 heavy (non-hydrogen) atoms. The van der Waals surface area contributed by atoms with Gasteiger partial charge in [-0.05, 0) is 18.2 Å². The third-order valence-corrected chi connectivity index (χ3v) is 4.20. The molecule has 0 unspecified atom stereocenters. The summed E-state index contributed by atoms with van der Waals surface area (Å²) < 4.78 is 0. The van der Waals surface area contributed by atoms with E-state index < -0.39 is 5.97 Å². The van der Waals surface area contributed by atoms with Crippen LogP contribution < -0.4 is 0 Å². The molecule has 4 nitrogen and oxygen atoms in total. The number of thioether (sulfide) groups is 1. The first kappa shape index (κ1) is 14.8. The number of rotatable bonds is 4. The molecule has 1 heterocycles. The summed E-state index contributed by atoms with van der Waals surface area (Å²) in [4.78, 5) is 19.9. The molecule has 0 bridgehead atoms. The fourth-order valence-electron chi connectivity index (χ4n) is 2.03. The van der Waals surface area contributed by atoms with Crippen LogP contribution in [0.1, 0.15) is 0 Å². The third-order valence-electron chi connectivity index (χ3n) is 2.99. The Hall–Kier alpha value is -2.11. The van der Waals surface area contributed by atoms with E-state index in [1.54, 1.807) is 12.1 Å². The van der Waals surface area contributed by atoms with Gasteiger partial charge in [0.05, 0.1) is 11.3 Å². The van der Waals surface area contributed by atoms with Crippen LogP contribution in [0.25, 0.3) is 22.3 Å². The van der Waals surface area contributed by atoms with Crippen LogP contribution in [0, 0.1) is 0 Å². The van der Waals surface area contributed by atoms with Gasteiger partial charge in [-0.2, -0.15) is 0 Å². The summed E-state index contributed by atoms with van der Waals surface area (Å²) in [5.74, 6) is -0.379. The highest BCUT2D eigenvalue weighted by molar-refractivity contribution is 8.00. The topological polar surface area (TPSA) is 63.1 Å². The number of benzene rings is 2. The molecule has 0 saturated carbocycles. The molecule has 0 aliphatic rings. The second-order valence-corrected chi connectivity index (χ2v) is 5.96. The summed E-state index contributed by atoms with van der Waals surface area (Å²) in [6.07, 6.45) is 0. The largest absolute Gasteiger partial charge is 0.481 e. The molecular weight excluding hydrogens is 320 g/mol. The van der Waals surface area contributed by atoms with E-state index in [-0.39, 0.29) is 5.75 Å². The Morgan fingerprint density at radius 1 is 1.14 bits per heavy atom. The molecule has 0 radical (unpaired) electrons. The van der Waals surface area contributed by atoms with Crippen LogP contribution in [0.4, 0.5) is 0 Å². The lowest BCUT2D eigenvalue weighted by Crippen LogP contribution is -2.00. The number of carboxylic acids is 1. The van der Waals surface area contributed by atoms with E-state index in [9.17, 15) is 4.79 Å². The molecule has 0 atom stereocenters. The van der Waals surface area contributed by atoms with Crippen molar-refractivity contribution >= 4 is 40.2 Å². The Morgan fingerprint density at radius 2 is 1.91 bits per heavy atom. The van der Waals surface area contributed by atoms with Gasteiger partial charge in [-0.25, -0.2) is 9.97 Å². The fourth-order valence-corrected chi connectivity index (χ4v) is 2.93. The first-order valence-corrected chi connectivity index (χ1v) is 7.87. The monoisotopic (exact) mass is 330 g/mol. The first-order valence-electron chi connectivity index (χ1n) is 6.51. The van der Waals surface area contributed by atoms with Crippen LogP contribution in [0.15, 0.2) is 53.6 Å². The van der Waals surface area contributed by atoms with Gasteiger partial charge < -0.3 is 5.11 Å². The van der Waals surface area contributed by atoms with E-state index >= 15 is 0 Å². The maximum absolute atomic E-state index is 10.8. The van der Waals surface area contributed by atoms with Crippen molar-refractivity contribution in [3.8, 4) is 11.4 Å². The summed E-state index contributed by atoms with van der Waals surface area (Å²) in [7, 11) is 0. The normalized spacial score (nSPS) is 10.8. The molecular formula is C16H11ClN2O2S. The van der Waals surface area contributed by atoms with Gasteiger partial charge in [0, 0.05) is 16.0 Å². The van der Waals surface area contributed by atoms with Gasteiger partial charge in [-0.1, -0.05) is 53.7 Å². The Bertz CT molecular complexity index is 840. The molecule has 0 fully saturated rings. The number of hydrogen-bond acceptors (Lipinski definition) is 4.